The molecule has 1 aromatic rings. The molecule has 0 saturated carbocycles. The minimum absolute atomic E-state index is 0.0329. The number of aliphatic hydroxyl groups excluding tert-OH is 1. The van der Waals surface area contributed by atoms with Crippen molar-refractivity contribution in [2.75, 3.05) is 11.9 Å². The molecule has 0 aromatic heterocycles. The number of carbonyl (C=O) groups excluding carboxylic acids is 1. The Morgan fingerprint density at radius 2 is 2.27 bits per heavy atom. The van der Waals surface area contributed by atoms with E-state index >= 15 is 0 Å². The van der Waals surface area contributed by atoms with E-state index in [1.165, 1.54) is 18.2 Å². The van der Waals surface area contributed by atoms with Crippen molar-refractivity contribution < 1.29 is 14.8 Å². The highest BCUT2D eigenvalue weighted by atomic mass is 16.6. The number of benzene rings is 1. The molecule has 0 unspecified atom stereocenters. The standard InChI is InChI=1S/C9H10N2O4/c1-6-4-7(11(14)15)2-3-8(6)10-9(13)5-12/h2-4,12H,5H2,1H3,(H,10,13). The molecule has 1 amide bonds. The van der Waals surface area contributed by atoms with E-state index in [1.54, 1.807) is 6.92 Å². The molecule has 1 aromatic carbocycles. The Balaban J connectivity index is 2.93. The molecule has 0 aliphatic rings. The van der Waals surface area contributed by atoms with Crippen LogP contribution in [-0.2, 0) is 4.79 Å². The van der Waals surface area contributed by atoms with E-state index in [-0.39, 0.29) is 5.69 Å². The van der Waals surface area contributed by atoms with E-state index in [0.29, 0.717) is 11.3 Å². The molecule has 0 fully saturated rings. The van der Waals surface area contributed by atoms with Gasteiger partial charge in [-0.1, -0.05) is 0 Å². The Morgan fingerprint density at radius 1 is 1.60 bits per heavy atom. The van der Waals surface area contributed by atoms with Gasteiger partial charge in [0, 0.05) is 17.8 Å². The first-order valence-electron chi connectivity index (χ1n) is 4.20. The largest absolute Gasteiger partial charge is 0.387 e. The summed E-state index contributed by atoms with van der Waals surface area (Å²) in [4.78, 5) is 20.8. The van der Waals surface area contributed by atoms with E-state index in [2.05, 4.69) is 5.32 Å². The highest BCUT2D eigenvalue weighted by Gasteiger charge is 2.09. The summed E-state index contributed by atoms with van der Waals surface area (Å²) >= 11 is 0. The van der Waals surface area contributed by atoms with E-state index < -0.39 is 17.4 Å². The monoisotopic (exact) mass is 210 g/mol. The number of hydrogen-bond acceptors (Lipinski definition) is 4. The average Bonchev–Trinajstić information content (AvgIpc) is 2.20. The maximum atomic E-state index is 10.9. The molecule has 0 spiro atoms. The first kappa shape index (κ1) is 11.1. The van der Waals surface area contributed by atoms with Crippen molar-refractivity contribution in [3.05, 3.63) is 33.9 Å². The number of amides is 1. The first-order valence-corrected chi connectivity index (χ1v) is 4.20. The molecule has 0 aliphatic carbocycles. The summed E-state index contributed by atoms with van der Waals surface area (Å²) in [6.45, 7) is 1.02. The number of aryl methyl sites for hydroxylation is 1. The van der Waals surface area contributed by atoms with E-state index in [0.717, 1.165) is 0 Å². The summed E-state index contributed by atoms with van der Waals surface area (Å²) in [5.74, 6) is -0.549. The fraction of sp³-hybridized carbons (Fsp3) is 0.222. The second kappa shape index (κ2) is 4.52. The van der Waals surface area contributed by atoms with Crippen molar-refractivity contribution in [1.82, 2.24) is 0 Å². The lowest BCUT2D eigenvalue weighted by Crippen LogP contribution is -2.16. The third-order valence-electron chi connectivity index (χ3n) is 1.84. The highest BCUT2D eigenvalue weighted by molar-refractivity contribution is 5.92. The van der Waals surface area contributed by atoms with Gasteiger partial charge in [-0.2, -0.15) is 0 Å². The van der Waals surface area contributed by atoms with Gasteiger partial charge in [-0.05, 0) is 18.6 Å². The number of anilines is 1. The van der Waals surface area contributed by atoms with Gasteiger partial charge in [0.2, 0.25) is 5.91 Å². The van der Waals surface area contributed by atoms with Gasteiger partial charge in [-0.25, -0.2) is 0 Å². The normalized spacial score (nSPS) is 9.73. The molecule has 1 rings (SSSR count). The summed E-state index contributed by atoms with van der Waals surface area (Å²) < 4.78 is 0. The topological polar surface area (TPSA) is 92.5 Å². The Hall–Kier alpha value is -1.95. The summed E-state index contributed by atoms with van der Waals surface area (Å²) in [5, 5.41) is 21.3. The van der Waals surface area contributed by atoms with Crippen LogP contribution in [0.25, 0.3) is 0 Å². The number of nitro benzene ring substituents is 1. The minimum atomic E-state index is -0.615. The molecular formula is C9H10N2O4. The predicted molar refractivity (Wildman–Crippen MR) is 53.5 cm³/mol. The summed E-state index contributed by atoms with van der Waals surface area (Å²) in [5.41, 5.74) is 1.00. The van der Waals surface area contributed by atoms with Crippen LogP contribution in [0.3, 0.4) is 0 Å². The van der Waals surface area contributed by atoms with E-state index in [1.807, 2.05) is 0 Å². The number of non-ortho nitro benzene ring substituents is 1. The van der Waals surface area contributed by atoms with Gasteiger partial charge in [0.15, 0.2) is 0 Å². The van der Waals surface area contributed by atoms with Crippen LogP contribution in [0, 0.1) is 17.0 Å². The minimum Gasteiger partial charge on any atom is -0.387 e. The van der Waals surface area contributed by atoms with Crippen LogP contribution in [0.5, 0.6) is 0 Å². The fourth-order valence-electron chi connectivity index (χ4n) is 1.09. The summed E-state index contributed by atoms with van der Waals surface area (Å²) in [7, 11) is 0. The molecule has 6 heteroatoms. The number of nitrogens with one attached hydrogen (secondary N) is 1. The first-order chi connectivity index (χ1) is 7.04. The van der Waals surface area contributed by atoms with Gasteiger partial charge < -0.3 is 10.4 Å². The second-order valence-electron chi connectivity index (χ2n) is 2.96. The quantitative estimate of drug-likeness (QED) is 0.571. The molecule has 6 nitrogen and oxygen atoms in total. The SMILES string of the molecule is Cc1cc([N+](=O)[O-])ccc1NC(=O)CO. The molecule has 0 radical (unpaired) electrons. The summed E-state index contributed by atoms with van der Waals surface area (Å²) in [6.07, 6.45) is 0. The van der Waals surface area contributed by atoms with Gasteiger partial charge in [0.25, 0.3) is 5.69 Å². The van der Waals surface area contributed by atoms with Crippen molar-refractivity contribution in [1.29, 1.82) is 0 Å². The second-order valence-corrected chi connectivity index (χ2v) is 2.96. The Kier molecular flexibility index (Phi) is 3.35. The maximum Gasteiger partial charge on any atom is 0.269 e. The Bertz CT molecular complexity index is 403. The zero-order valence-corrected chi connectivity index (χ0v) is 8.06. The molecule has 0 atom stereocenters. The van der Waals surface area contributed by atoms with Crippen LogP contribution >= 0.6 is 0 Å². The lowest BCUT2D eigenvalue weighted by atomic mass is 10.2. The van der Waals surface area contributed by atoms with Crippen LogP contribution in [0.4, 0.5) is 11.4 Å². The van der Waals surface area contributed by atoms with Crippen molar-refractivity contribution in [3.8, 4) is 0 Å². The lowest BCUT2D eigenvalue weighted by Gasteiger charge is -2.06. The van der Waals surface area contributed by atoms with Crippen LogP contribution in [0.1, 0.15) is 5.56 Å². The number of nitro groups is 1. The maximum absolute atomic E-state index is 10.9. The van der Waals surface area contributed by atoms with Crippen LogP contribution in [-0.4, -0.2) is 22.5 Å². The van der Waals surface area contributed by atoms with Crippen LogP contribution < -0.4 is 5.32 Å². The molecule has 0 saturated heterocycles. The van der Waals surface area contributed by atoms with Gasteiger partial charge in [-0.15, -0.1) is 0 Å². The van der Waals surface area contributed by atoms with Crippen LogP contribution in [0.2, 0.25) is 0 Å². The number of hydrogen-bond donors (Lipinski definition) is 2. The number of rotatable bonds is 3. The molecular weight excluding hydrogens is 200 g/mol. The van der Waals surface area contributed by atoms with E-state index in [9.17, 15) is 14.9 Å². The Labute approximate surface area is 85.7 Å². The Morgan fingerprint density at radius 3 is 2.73 bits per heavy atom. The average molecular weight is 210 g/mol. The molecule has 0 bridgehead atoms. The van der Waals surface area contributed by atoms with Gasteiger partial charge in [-0.3, -0.25) is 14.9 Å². The number of carbonyl (C=O) groups is 1. The third-order valence-corrected chi connectivity index (χ3v) is 1.84. The zero-order valence-electron chi connectivity index (χ0n) is 8.06. The van der Waals surface area contributed by atoms with Gasteiger partial charge in [0.1, 0.15) is 6.61 Å². The summed E-state index contributed by atoms with van der Waals surface area (Å²) in [6, 6.07) is 4.08. The predicted octanol–water partition coefficient (Wildman–Crippen LogP) is 0.834. The molecule has 0 heterocycles. The fourth-order valence-corrected chi connectivity index (χ4v) is 1.09. The molecule has 2 N–H and O–H groups in total. The van der Waals surface area contributed by atoms with E-state index in [4.69, 9.17) is 5.11 Å². The van der Waals surface area contributed by atoms with Crippen LogP contribution in [0.15, 0.2) is 18.2 Å². The number of aliphatic hydroxyl groups is 1. The molecule has 0 aliphatic heterocycles. The molecule has 15 heavy (non-hydrogen) atoms. The lowest BCUT2D eigenvalue weighted by molar-refractivity contribution is -0.384. The van der Waals surface area contributed by atoms with Crippen molar-refractivity contribution in [2.24, 2.45) is 0 Å². The van der Waals surface area contributed by atoms with Crippen molar-refractivity contribution >= 4 is 17.3 Å². The zero-order chi connectivity index (χ0) is 11.4. The third kappa shape index (κ3) is 2.75. The highest BCUT2D eigenvalue weighted by Crippen LogP contribution is 2.20. The number of nitrogens with zero attached hydrogens (tertiary/aromatic N) is 1. The molecule has 80 valence electrons. The van der Waals surface area contributed by atoms with Gasteiger partial charge in [0.05, 0.1) is 4.92 Å². The van der Waals surface area contributed by atoms with Crippen molar-refractivity contribution in [3.63, 3.8) is 0 Å². The van der Waals surface area contributed by atoms with Gasteiger partial charge >= 0.3 is 0 Å². The smallest absolute Gasteiger partial charge is 0.269 e. The van der Waals surface area contributed by atoms with Crippen molar-refractivity contribution in [2.45, 2.75) is 6.92 Å².